The van der Waals surface area contributed by atoms with Gasteiger partial charge in [0.1, 0.15) is 5.56 Å². The van der Waals surface area contributed by atoms with Crippen LogP contribution in [0.1, 0.15) is 48.1 Å². The maximum Gasteiger partial charge on any atom is 0.262 e. The Kier molecular flexibility index (Phi) is 4.21. The van der Waals surface area contributed by atoms with E-state index >= 15 is 0 Å². The van der Waals surface area contributed by atoms with Crippen LogP contribution in [0.15, 0.2) is 16.9 Å². The maximum atomic E-state index is 12.3. The first-order valence-electron chi connectivity index (χ1n) is 7.22. The first-order chi connectivity index (χ1) is 10.2. The molecule has 0 atom stereocenters. The first-order valence-corrected chi connectivity index (χ1v) is 7.22. The Morgan fingerprint density at radius 3 is 2.55 bits per heavy atom. The number of aryl methyl sites for hydroxylation is 2. The van der Waals surface area contributed by atoms with Crippen molar-refractivity contribution in [3.8, 4) is 0 Å². The number of nitrogens with one attached hydrogen (secondary N) is 3. The molecule has 0 radical (unpaired) electrons. The van der Waals surface area contributed by atoms with Crippen molar-refractivity contribution in [1.82, 2.24) is 15.2 Å². The van der Waals surface area contributed by atoms with Crippen molar-refractivity contribution in [2.24, 2.45) is 5.41 Å². The molecule has 0 aromatic carbocycles. The molecule has 0 fully saturated rings. The van der Waals surface area contributed by atoms with Gasteiger partial charge in [0.05, 0.1) is 0 Å². The number of carbonyl (C=O) groups is 1. The highest BCUT2D eigenvalue weighted by molar-refractivity contribution is 6.04. The van der Waals surface area contributed by atoms with Crippen molar-refractivity contribution in [3.05, 3.63) is 45.0 Å². The summed E-state index contributed by atoms with van der Waals surface area (Å²) in [6, 6.07) is 3.56. The Bertz CT molecular complexity index is 750. The van der Waals surface area contributed by atoms with Gasteiger partial charge >= 0.3 is 0 Å². The van der Waals surface area contributed by atoms with Gasteiger partial charge in [-0.25, -0.2) is 0 Å². The maximum absolute atomic E-state index is 12.3. The van der Waals surface area contributed by atoms with E-state index in [-0.39, 0.29) is 16.5 Å². The van der Waals surface area contributed by atoms with Gasteiger partial charge < -0.3 is 10.3 Å². The zero-order chi connectivity index (χ0) is 16.5. The fraction of sp³-hybridized carbons (Fsp3) is 0.438. The molecule has 0 saturated carbocycles. The molecule has 6 heteroatoms. The van der Waals surface area contributed by atoms with Crippen LogP contribution < -0.4 is 10.9 Å². The molecule has 2 aromatic rings. The van der Waals surface area contributed by atoms with Gasteiger partial charge in [0.15, 0.2) is 5.82 Å². The van der Waals surface area contributed by atoms with Crippen molar-refractivity contribution < 1.29 is 4.79 Å². The Labute approximate surface area is 129 Å². The molecule has 0 aliphatic heterocycles. The van der Waals surface area contributed by atoms with E-state index in [1.54, 1.807) is 26.0 Å². The topological polar surface area (TPSA) is 90.6 Å². The molecule has 2 heterocycles. The molecular formula is C16H22N4O2. The number of aromatic amines is 2. The van der Waals surface area contributed by atoms with Crippen molar-refractivity contribution in [2.75, 3.05) is 5.32 Å². The van der Waals surface area contributed by atoms with E-state index in [9.17, 15) is 9.59 Å². The van der Waals surface area contributed by atoms with Gasteiger partial charge in [-0.2, -0.15) is 5.10 Å². The summed E-state index contributed by atoms with van der Waals surface area (Å²) >= 11 is 0. The third kappa shape index (κ3) is 3.84. The van der Waals surface area contributed by atoms with E-state index in [4.69, 9.17) is 0 Å². The van der Waals surface area contributed by atoms with Crippen molar-refractivity contribution in [2.45, 2.75) is 41.0 Å². The van der Waals surface area contributed by atoms with Gasteiger partial charge in [0.2, 0.25) is 0 Å². The summed E-state index contributed by atoms with van der Waals surface area (Å²) in [4.78, 5) is 26.9. The van der Waals surface area contributed by atoms with Crippen molar-refractivity contribution in [1.29, 1.82) is 0 Å². The number of nitrogens with zero attached hydrogens (tertiary/aromatic N) is 1. The molecule has 1 amide bonds. The quantitative estimate of drug-likeness (QED) is 0.813. The minimum atomic E-state index is -0.451. The summed E-state index contributed by atoms with van der Waals surface area (Å²) in [7, 11) is 0. The number of rotatable bonds is 3. The van der Waals surface area contributed by atoms with E-state index in [2.05, 4.69) is 41.3 Å². The summed E-state index contributed by atoms with van der Waals surface area (Å²) in [5, 5.41) is 9.64. The largest absolute Gasteiger partial charge is 0.326 e. The van der Waals surface area contributed by atoms with E-state index in [1.165, 1.54) is 0 Å². The van der Waals surface area contributed by atoms with Gasteiger partial charge in [0, 0.05) is 17.5 Å². The minimum Gasteiger partial charge on any atom is -0.326 e. The van der Waals surface area contributed by atoms with Crippen LogP contribution in [0.3, 0.4) is 0 Å². The van der Waals surface area contributed by atoms with Crippen molar-refractivity contribution >= 4 is 11.7 Å². The number of H-pyrrole nitrogens is 2. The molecule has 0 spiro atoms. The van der Waals surface area contributed by atoms with Crippen LogP contribution in [0.25, 0.3) is 0 Å². The summed E-state index contributed by atoms with van der Waals surface area (Å²) in [5.74, 6) is -0.0313. The highest BCUT2D eigenvalue weighted by Crippen LogP contribution is 2.20. The zero-order valence-electron chi connectivity index (χ0n) is 13.6. The van der Waals surface area contributed by atoms with Crippen LogP contribution in [-0.4, -0.2) is 21.1 Å². The third-order valence-electron chi connectivity index (χ3n) is 3.19. The first kappa shape index (κ1) is 16.0. The fourth-order valence-electron chi connectivity index (χ4n) is 2.40. The molecule has 2 aromatic heterocycles. The molecule has 22 heavy (non-hydrogen) atoms. The SMILES string of the molecule is Cc1cc(C)c(C(=O)Nc2cc(CC(C)(C)C)[nH]n2)c(=O)[nH]1. The van der Waals surface area contributed by atoms with Gasteiger partial charge in [-0.05, 0) is 37.3 Å². The van der Waals surface area contributed by atoms with Gasteiger partial charge in [-0.15, -0.1) is 0 Å². The molecule has 0 bridgehead atoms. The number of pyridine rings is 1. The molecule has 0 saturated heterocycles. The Morgan fingerprint density at radius 1 is 1.27 bits per heavy atom. The second kappa shape index (κ2) is 5.79. The van der Waals surface area contributed by atoms with E-state index in [1.807, 2.05) is 0 Å². The summed E-state index contributed by atoms with van der Waals surface area (Å²) < 4.78 is 0. The number of anilines is 1. The van der Waals surface area contributed by atoms with Gasteiger partial charge in [-0.3, -0.25) is 14.7 Å². The molecule has 3 N–H and O–H groups in total. The second-order valence-corrected chi connectivity index (χ2v) is 6.81. The van der Waals surface area contributed by atoms with Crippen LogP contribution >= 0.6 is 0 Å². The van der Waals surface area contributed by atoms with Crippen LogP contribution in [-0.2, 0) is 6.42 Å². The smallest absolute Gasteiger partial charge is 0.262 e. The lowest BCUT2D eigenvalue weighted by Crippen LogP contribution is -2.25. The third-order valence-corrected chi connectivity index (χ3v) is 3.19. The van der Waals surface area contributed by atoms with Crippen LogP contribution in [0, 0.1) is 19.3 Å². The van der Waals surface area contributed by atoms with E-state index in [0.29, 0.717) is 11.4 Å². The Balaban J connectivity index is 2.18. The second-order valence-electron chi connectivity index (χ2n) is 6.81. The van der Waals surface area contributed by atoms with E-state index < -0.39 is 5.91 Å². The Hall–Kier alpha value is -2.37. The molecule has 6 nitrogen and oxygen atoms in total. The molecule has 2 rings (SSSR count). The Morgan fingerprint density at radius 2 is 1.95 bits per heavy atom. The predicted molar refractivity (Wildman–Crippen MR) is 86.2 cm³/mol. The average Bonchev–Trinajstić information content (AvgIpc) is 2.72. The minimum absolute atomic E-state index is 0.117. The standard InChI is InChI=1S/C16H22N4O2/c1-9-6-10(2)17-14(21)13(9)15(22)18-12-7-11(19-20-12)8-16(3,4)5/h6-7H,8H2,1-5H3,(H,17,21)(H2,18,19,20,22). The number of amides is 1. The van der Waals surface area contributed by atoms with Crippen LogP contribution in [0.2, 0.25) is 0 Å². The lowest BCUT2D eigenvalue weighted by molar-refractivity contribution is 0.102. The molecule has 0 unspecified atom stereocenters. The monoisotopic (exact) mass is 302 g/mol. The molecule has 118 valence electrons. The molecule has 0 aliphatic carbocycles. The molecular weight excluding hydrogens is 280 g/mol. The number of hydrogen-bond acceptors (Lipinski definition) is 3. The average molecular weight is 302 g/mol. The lowest BCUT2D eigenvalue weighted by Gasteiger charge is -2.15. The normalized spacial score (nSPS) is 11.5. The van der Waals surface area contributed by atoms with Gasteiger partial charge in [-0.1, -0.05) is 20.8 Å². The predicted octanol–water partition coefficient (Wildman–Crippen LogP) is 2.56. The fourth-order valence-corrected chi connectivity index (χ4v) is 2.40. The van der Waals surface area contributed by atoms with Crippen LogP contribution in [0.4, 0.5) is 5.82 Å². The summed E-state index contributed by atoms with van der Waals surface area (Å²) in [6.45, 7) is 9.90. The van der Waals surface area contributed by atoms with Crippen LogP contribution in [0.5, 0.6) is 0 Å². The van der Waals surface area contributed by atoms with E-state index in [0.717, 1.165) is 17.8 Å². The van der Waals surface area contributed by atoms with Gasteiger partial charge in [0.25, 0.3) is 11.5 Å². The highest BCUT2D eigenvalue weighted by atomic mass is 16.2. The molecule has 0 aliphatic rings. The summed E-state index contributed by atoms with van der Waals surface area (Å²) in [6.07, 6.45) is 0.819. The number of carbonyl (C=O) groups excluding carboxylic acids is 1. The zero-order valence-corrected chi connectivity index (χ0v) is 13.6. The number of aromatic nitrogens is 3. The lowest BCUT2D eigenvalue weighted by atomic mass is 9.91. The summed E-state index contributed by atoms with van der Waals surface area (Å²) in [5.41, 5.74) is 2.16. The number of hydrogen-bond donors (Lipinski definition) is 3. The highest BCUT2D eigenvalue weighted by Gasteiger charge is 2.17. The van der Waals surface area contributed by atoms with Crippen molar-refractivity contribution in [3.63, 3.8) is 0 Å².